The van der Waals surface area contributed by atoms with Gasteiger partial charge in [-0.1, -0.05) is 0 Å². The van der Waals surface area contributed by atoms with E-state index in [2.05, 4.69) is 0 Å². The Kier molecular flexibility index (Phi) is 3.41. The van der Waals surface area contributed by atoms with Crippen molar-refractivity contribution in [2.75, 3.05) is 5.88 Å². The third-order valence-corrected chi connectivity index (χ3v) is 0.959. The molecule has 0 aliphatic rings. The van der Waals surface area contributed by atoms with Gasteiger partial charge in [-0.05, 0) is 0 Å². The largest absolute Gasteiger partial charge is 0.352 e. The molecule has 0 atom stereocenters. The second kappa shape index (κ2) is 3.33. The molecule has 0 spiro atoms. The van der Waals surface area contributed by atoms with Crippen molar-refractivity contribution in [3.63, 3.8) is 0 Å². The molecule has 0 aliphatic carbocycles. The summed E-state index contributed by atoms with van der Waals surface area (Å²) in [5.41, 5.74) is 0. The van der Waals surface area contributed by atoms with E-state index in [1.165, 1.54) is 0 Å². The van der Waals surface area contributed by atoms with Crippen LogP contribution >= 0.6 is 11.6 Å². The Morgan fingerprint density at radius 2 is 2.50 bits per heavy atom. The Hall–Kier alpha value is 0.140. The molecule has 0 radical (unpaired) electrons. The Balaban J connectivity index is 3.52. The molecular formula is C2H3ClO2S. The number of hydrogen-bond donors (Lipinski definition) is 1. The molecular weight excluding hydrogens is 124 g/mol. The van der Waals surface area contributed by atoms with Crippen LogP contribution in [0.4, 0.5) is 0 Å². The lowest BCUT2D eigenvalue weighted by molar-refractivity contribution is 0.563. The van der Waals surface area contributed by atoms with Crippen LogP contribution in [0.3, 0.4) is 0 Å². The van der Waals surface area contributed by atoms with Crippen LogP contribution in [0.15, 0.2) is 0 Å². The van der Waals surface area contributed by atoms with Crippen LogP contribution in [0.5, 0.6) is 0 Å². The van der Waals surface area contributed by atoms with Gasteiger partial charge in [0.15, 0.2) is 5.05 Å². The topological polar surface area (TPSA) is 37.3 Å². The highest BCUT2D eigenvalue weighted by molar-refractivity contribution is 7.66. The van der Waals surface area contributed by atoms with Crippen LogP contribution in [0.2, 0.25) is 0 Å². The first-order valence-electron chi connectivity index (χ1n) is 1.22. The molecule has 0 aromatic rings. The van der Waals surface area contributed by atoms with Crippen molar-refractivity contribution >= 4 is 27.9 Å². The maximum atomic E-state index is 9.41. The molecule has 0 heterocycles. The third-order valence-electron chi connectivity index (χ3n) is 0.211. The van der Waals surface area contributed by atoms with E-state index in [1.54, 1.807) is 0 Å². The van der Waals surface area contributed by atoms with E-state index in [4.69, 9.17) is 16.7 Å². The lowest BCUT2D eigenvalue weighted by Crippen LogP contribution is -1.93. The number of hydrogen-bond acceptors (Lipinski definition) is 1. The summed E-state index contributed by atoms with van der Waals surface area (Å²) in [5, 5.41) is 7.82. The normalized spacial score (nSPS) is 7.67. The molecule has 4 heteroatoms. The first-order chi connectivity index (χ1) is 2.81. The van der Waals surface area contributed by atoms with Crippen LogP contribution in [0.25, 0.3) is 0 Å². The Labute approximate surface area is 43.8 Å². The predicted octanol–water partition coefficient (Wildman–Crippen LogP) is 0.126. The molecule has 0 aromatic carbocycles. The molecule has 2 nitrogen and oxygen atoms in total. The number of alkyl halides is 1. The molecule has 36 valence electrons. The van der Waals surface area contributed by atoms with Gasteiger partial charge in [0.05, 0.1) is 5.88 Å². The fraction of sp³-hybridized carbons (Fsp3) is 0.500. The lowest BCUT2D eigenvalue weighted by atomic mass is 10.9. The summed E-state index contributed by atoms with van der Waals surface area (Å²) in [4.78, 5) is 0. The maximum Gasteiger partial charge on any atom is 0.157 e. The van der Waals surface area contributed by atoms with Crippen LogP contribution < -0.4 is 0 Å². The molecule has 1 N–H and O–H groups in total. The number of aliphatic hydroxyl groups is 1. The Morgan fingerprint density at radius 3 is 2.50 bits per heavy atom. The average molecular weight is 127 g/mol. The van der Waals surface area contributed by atoms with Gasteiger partial charge in [0.1, 0.15) is 11.3 Å². The van der Waals surface area contributed by atoms with Crippen LogP contribution in [0.1, 0.15) is 0 Å². The second-order valence-corrected chi connectivity index (χ2v) is 1.52. The van der Waals surface area contributed by atoms with Gasteiger partial charge in [0, 0.05) is 0 Å². The van der Waals surface area contributed by atoms with Crippen LogP contribution in [0, 0.1) is 0 Å². The Bertz CT molecular complexity index is 85.5. The van der Waals surface area contributed by atoms with Gasteiger partial charge in [0.2, 0.25) is 0 Å². The zero-order chi connectivity index (χ0) is 4.99. The zero-order valence-corrected chi connectivity index (χ0v) is 4.42. The zero-order valence-electron chi connectivity index (χ0n) is 2.85. The molecule has 0 unspecified atom stereocenters. The van der Waals surface area contributed by atoms with E-state index in [0.717, 1.165) is 0 Å². The fourth-order valence-electron chi connectivity index (χ4n) is 0.0223. The fourth-order valence-corrected chi connectivity index (χ4v) is 0.200. The summed E-state index contributed by atoms with van der Waals surface area (Å²) in [5.74, 6) is -0.0752. The molecule has 0 saturated carbocycles. The first kappa shape index (κ1) is 6.14. The van der Waals surface area contributed by atoms with Crippen molar-refractivity contribution in [3.05, 3.63) is 0 Å². The van der Waals surface area contributed by atoms with Crippen molar-refractivity contribution in [2.24, 2.45) is 0 Å². The molecule has 0 rings (SSSR count). The van der Waals surface area contributed by atoms with E-state index in [-0.39, 0.29) is 22.2 Å². The van der Waals surface area contributed by atoms with Gasteiger partial charge >= 0.3 is 0 Å². The van der Waals surface area contributed by atoms with Crippen LogP contribution in [-0.4, -0.2) is 20.2 Å². The van der Waals surface area contributed by atoms with E-state index < -0.39 is 0 Å². The molecule has 0 aromatic heterocycles. The number of aliphatic hydroxyl groups excluding tert-OH is 1. The minimum Gasteiger partial charge on any atom is -0.352 e. The van der Waals surface area contributed by atoms with Crippen molar-refractivity contribution in [1.29, 1.82) is 0 Å². The van der Waals surface area contributed by atoms with Gasteiger partial charge in [-0.3, -0.25) is 0 Å². The molecule has 0 bridgehead atoms. The smallest absolute Gasteiger partial charge is 0.157 e. The van der Waals surface area contributed by atoms with Crippen LogP contribution in [-0.2, 0) is 11.3 Å². The summed E-state index contributed by atoms with van der Waals surface area (Å²) >= 11 is 4.96. The number of rotatable bonds is 1. The minimum absolute atomic E-state index is 0.0150. The molecule has 6 heavy (non-hydrogen) atoms. The summed E-state index contributed by atoms with van der Waals surface area (Å²) in [6, 6.07) is 0. The Morgan fingerprint density at radius 1 is 2.00 bits per heavy atom. The van der Waals surface area contributed by atoms with E-state index in [0.29, 0.717) is 0 Å². The summed E-state index contributed by atoms with van der Waals surface area (Å²) in [6.45, 7) is 0. The quantitative estimate of drug-likeness (QED) is 0.401. The first-order valence-corrected chi connectivity index (χ1v) is 2.49. The van der Waals surface area contributed by atoms with Gasteiger partial charge in [-0.15, -0.1) is 11.6 Å². The van der Waals surface area contributed by atoms with Crippen molar-refractivity contribution in [1.82, 2.24) is 0 Å². The van der Waals surface area contributed by atoms with Gasteiger partial charge < -0.3 is 5.11 Å². The molecule has 0 aliphatic heterocycles. The highest BCUT2D eigenvalue weighted by Gasteiger charge is 1.80. The monoisotopic (exact) mass is 126 g/mol. The molecule has 0 amide bonds. The van der Waals surface area contributed by atoms with Gasteiger partial charge in [-0.2, -0.15) is 0 Å². The van der Waals surface area contributed by atoms with E-state index >= 15 is 0 Å². The predicted molar refractivity (Wildman–Crippen MR) is 26.5 cm³/mol. The van der Waals surface area contributed by atoms with Gasteiger partial charge in [-0.25, -0.2) is 4.21 Å². The van der Waals surface area contributed by atoms with Crippen molar-refractivity contribution in [3.8, 4) is 0 Å². The maximum absolute atomic E-state index is 9.41. The highest BCUT2D eigenvalue weighted by Crippen LogP contribution is 1.69. The highest BCUT2D eigenvalue weighted by atomic mass is 35.5. The SMILES string of the molecule is O=S=C(O)CCl. The van der Waals surface area contributed by atoms with Crippen molar-refractivity contribution < 1.29 is 9.32 Å². The van der Waals surface area contributed by atoms with Gasteiger partial charge in [0.25, 0.3) is 0 Å². The molecule has 0 saturated heterocycles. The second-order valence-electron chi connectivity index (χ2n) is 0.611. The summed E-state index contributed by atoms with van der Waals surface area (Å²) in [7, 11) is 0. The summed E-state index contributed by atoms with van der Waals surface area (Å²) in [6.07, 6.45) is 0. The number of halogens is 1. The van der Waals surface area contributed by atoms with E-state index in [9.17, 15) is 4.21 Å². The third kappa shape index (κ3) is 2.38. The van der Waals surface area contributed by atoms with E-state index in [1.807, 2.05) is 0 Å². The summed E-state index contributed by atoms with van der Waals surface area (Å²) < 4.78 is 9.41. The molecule has 0 fully saturated rings. The standard InChI is InChI=1S/C2H3ClO2S/c3-1-2(4)6-5/h4H,1H2. The van der Waals surface area contributed by atoms with Crippen molar-refractivity contribution in [2.45, 2.75) is 0 Å². The lowest BCUT2D eigenvalue weighted by Gasteiger charge is -1.73. The average Bonchev–Trinajstić information content (AvgIpc) is 1.65. The minimum atomic E-state index is -0.281.